The Morgan fingerprint density at radius 3 is 2.56 bits per heavy atom. The van der Waals surface area contributed by atoms with Crippen molar-refractivity contribution in [1.82, 2.24) is 5.32 Å². The fraction of sp³-hybridized carbons (Fsp3) is 0.417. The average Bonchev–Trinajstić information content (AvgIpc) is 2.25. The van der Waals surface area contributed by atoms with Crippen LogP contribution in [0.15, 0.2) is 18.2 Å². The van der Waals surface area contributed by atoms with E-state index in [1.807, 2.05) is 20.8 Å². The van der Waals surface area contributed by atoms with Crippen LogP contribution in [0.3, 0.4) is 0 Å². The Hall–Kier alpha value is -1.98. The molecular weight excluding hydrogens is 239 g/mol. The van der Waals surface area contributed by atoms with Gasteiger partial charge in [0.1, 0.15) is 5.82 Å². The van der Waals surface area contributed by atoms with Crippen LogP contribution in [0.1, 0.15) is 31.1 Å². The number of hydrogen-bond acceptors (Lipinski definition) is 3. The largest absolute Gasteiger partial charge is 0.351 e. The van der Waals surface area contributed by atoms with Crippen molar-refractivity contribution in [1.29, 1.82) is 0 Å². The van der Waals surface area contributed by atoms with E-state index in [4.69, 9.17) is 0 Å². The molecule has 0 saturated carbocycles. The van der Waals surface area contributed by atoms with Crippen molar-refractivity contribution in [2.24, 2.45) is 5.41 Å². The first-order chi connectivity index (χ1) is 8.20. The molecule has 5 nitrogen and oxygen atoms in total. The van der Waals surface area contributed by atoms with Gasteiger partial charge in [0.05, 0.1) is 10.5 Å². The van der Waals surface area contributed by atoms with Crippen LogP contribution >= 0.6 is 0 Å². The number of non-ortho nitro benzene ring substituents is 1. The molecule has 1 N–H and O–H groups in total. The molecule has 0 aliphatic carbocycles. The van der Waals surface area contributed by atoms with E-state index < -0.39 is 16.6 Å². The van der Waals surface area contributed by atoms with Crippen molar-refractivity contribution < 1.29 is 14.1 Å². The molecule has 1 amide bonds. The van der Waals surface area contributed by atoms with Gasteiger partial charge < -0.3 is 5.32 Å². The molecule has 0 saturated heterocycles. The zero-order valence-electron chi connectivity index (χ0n) is 10.5. The number of benzene rings is 1. The van der Waals surface area contributed by atoms with Crippen LogP contribution in [-0.2, 0) is 0 Å². The minimum Gasteiger partial charge on any atom is -0.351 e. The van der Waals surface area contributed by atoms with E-state index in [0.717, 1.165) is 18.2 Å². The molecule has 0 unspecified atom stereocenters. The van der Waals surface area contributed by atoms with E-state index in [2.05, 4.69) is 5.32 Å². The molecule has 0 aliphatic rings. The van der Waals surface area contributed by atoms with E-state index in [1.165, 1.54) is 0 Å². The number of rotatable bonds is 3. The van der Waals surface area contributed by atoms with Crippen LogP contribution in [0.4, 0.5) is 10.1 Å². The quantitative estimate of drug-likeness (QED) is 0.665. The maximum atomic E-state index is 13.4. The molecule has 0 heterocycles. The van der Waals surface area contributed by atoms with Gasteiger partial charge in [-0.2, -0.15) is 0 Å². The highest BCUT2D eigenvalue weighted by atomic mass is 19.1. The van der Waals surface area contributed by atoms with Crippen LogP contribution in [0, 0.1) is 21.3 Å². The Kier molecular flexibility index (Phi) is 4.00. The summed E-state index contributed by atoms with van der Waals surface area (Å²) < 4.78 is 13.4. The van der Waals surface area contributed by atoms with Gasteiger partial charge in [0.2, 0.25) is 0 Å². The lowest BCUT2D eigenvalue weighted by Crippen LogP contribution is -2.32. The maximum absolute atomic E-state index is 13.4. The SMILES string of the molecule is CC(C)(C)CNC(=O)c1cc([N+](=O)[O-])ccc1F. The number of nitro groups is 1. The number of nitrogens with zero attached hydrogens (tertiary/aromatic N) is 1. The second-order valence-corrected chi connectivity index (χ2v) is 5.16. The number of carbonyl (C=O) groups is 1. The van der Waals surface area contributed by atoms with Crippen molar-refractivity contribution in [2.45, 2.75) is 20.8 Å². The molecule has 1 rings (SSSR count). The standard InChI is InChI=1S/C12H15FN2O3/c1-12(2,3)7-14-11(16)9-6-8(15(17)18)4-5-10(9)13/h4-6H,7H2,1-3H3,(H,14,16). The second-order valence-electron chi connectivity index (χ2n) is 5.16. The predicted octanol–water partition coefficient (Wildman–Crippen LogP) is 2.51. The van der Waals surface area contributed by atoms with Crippen LogP contribution in [0.2, 0.25) is 0 Å². The lowest BCUT2D eigenvalue weighted by atomic mass is 9.97. The maximum Gasteiger partial charge on any atom is 0.270 e. The molecule has 0 radical (unpaired) electrons. The summed E-state index contributed by atoms with van der Waals surface area (Å²) in [6.45, 7) is 6.10. The van der Waals surface area contributed by atoms with Gasteiger partial charge in [-0.05, 0) is 11.5 Å². The third kappa shape index (κ3) is 3.80. The lowest BCUT2D eigenvalue weighted by molar-refractivity contribution is -0.384. The molecule has 0 fully saturated rings. The second kappa shape index (κ2) is 5.12. The molecule has 98 valence electrons. The number of halogens is 1. The van der Waals surface area contributed by atoms with Crippen molar-refractivity contribution in [3.63, 3.8) is 0 Å². The summed E-state index contributed by atoms with van der Waals surface area (Å²) >= 11 is 0. The summed E-state index contributed by atoms with van der Waals surface area (Å²) in [6.07, 6.45) is 0. The normalized spacial score (nSPS) is 11.1. The van der Waals surface area contributed by atoms with E-state index in [-0.39, 0.29) is 16.7 Å². The molecule has 0 aromatic heterocycles. The molecule has 0 spiro atoms. The fourth-order valence-corrected chi connectivity index (χ4v) is 1.24. The summed E-state index contributed by atoms with van der Waals surface area (Å²) in [5.41, 5.74) is -0.766. The topological polar surface area (TPSA) is 72.2 Å². The van der Waals surface area contributed by atoms with Gasteiger partial charge in [0, 0.05) is 18.7 Å². The molecule has 0 atom stereocenters. The van der Waals surface area contributed by atoms with E-state index in [9.17, 15) is 19.3 Å². The summed E-state index contributed by atoms with van der Waals surface area (Å²) in [4.78, 5) is 21.6. The number of carbonyl (C=O) groups excluding carboxylic acids is 1. The molecule has 1 aromatic carbocycles. The first-order valence-corrected chi connectivity index (χ1v) is 5.43. The highest BCUT2D eigenvalue weighted by molar-refractivity contribution is 5.95. The molecular formula is C12H15FN2O3. The predicted molar refractivity (Wildman–Crippen MR) is 64.8 cm³/mol. The fourth-order valence-electron chi connectivity index (χ4n) is 1.24. The Bertz CT molecular complexity index is 481. The minimum atomic E-state index is -0.771. The van der Waals surface area contributed by atoms with Gasteiger partial charge in [-0.1, -0.05) is 20.8 Å². The molecule has 18 heavy (non-hydrogen) atoms. The number of nitrogens with one attached hydrogen (secondary N) is 1. The Balaban J connectivity index is 2.91. The van der Waals surface area contributed by atoms with Crippen molar-refractivity contribution in [2.75, 3.05) is 6.54 Å². The van der Waals surface area contributed by atoms with Gasteiger partial charge >= 0.3 is 0 Å². The van der Waals surface area contributed by atoms with Crippen LogP contribution in [0.25, 0.3) is 0 Å². The zero-order valence-corrected chi connectivity index (χ0v) is 10.5. The van der Waals surface area contributed by atoms with Gasteiger partial charge in [-0.15, -0.1) is 0 Å². The summed E-state index contributed by atoms with van der Waals surface area (Å²) in [7, 11) is 0. The zero-order chi connectivity index (χ0) is 13.9. The van der Waals surface area contributed by atoms with Gasteiger partial charge in [0.25, 0.3) is 11.6 Å². The first kappa shape index (κ1) is 14.1. The summed E-state index contributed by atoms with van der Waals surface area (Å²) in [5, 5.41) is 13.1. The minimum absolute atomic E-state index is 0.146. The Morgan fingerprint density at radius 2 is 2.06 bits per heavy atom. The summed E-state index contributed by atoms with van der Waals surface area (Å²) in [6, 6.07) is 2.88. The third-order valence-corrected chi connectivity index (χ3v) is 2.18. The summed E-state index contributed by atoms with van der Waals surface area (Å²) in [5.74, 6) is -1.42. The lowest BCUT2D eigenvalue weighted by Gasteiger charge is -2.18. The molecule has 6 heteroatoms. The van der Waals surface area contributed by atoms with E-state index in [0.29, 0.717) is 6.54 Å². The molecule has 1 aromatic rings. The Labute approximate surface area is 104 Å². The highest BCUT2D eigenvalue weighted by Crippen LogP contribution is 2.17. The van der Waals surface area contributed by atoms with Crippen LogP contribution in [-0.4, -0.2) is 17.4 Å². The van der Waals surface area contributed by atoms with Gasteiger partial charge in [-0.25, -0.2) is 4.39 Å². The first-order valence-electron chi connectivity index (χ1n) is 5.43. The number of hydrogen-bond donors (Lipinski definition) is 1. The number of nitro benzene ring substituents is 1. The van der Waals surface area contributed by atoms with Crippen molar-refractivity contribution in [3.05, 3.63) is 39.7 Å². The van der Waals surface area contributed by atoms with Crippen molar-refractivity contribution >= 4 is 11.6 Å². The number of amides is 1. The molecule has 0 bridgehead atoms. The van der Waals surface area contributed by atoms with Gasteiger partial charge in [0.15, 0.2) is 0 Å². The molecule has 0 aliphatic heterocycles. The monoisotopic (exact) mass is 254 g/mol. The Morgan fingerprint density at radius 1 is 1.44 bits per heavy atom. The third-order valence-electron chi connectivity index (χ3n) is 2.18. The van der Waals surface area contributed by atoms with Crippen LogP contribution < -0.4 is 5.32 Å². The average molecular weight is 254 g/mol. The van der Waals surface area contributed by atoms with Crippen molar-refractivity contribution in [3.8, 4) is 0 Å². The highest BCUT2D eigenvalue weighted by Gasteiger charge is 2.18. The van der Waals surface area contributed by atoms with Gasteiger partial charge in [-0.3, -0.25) is 14.9 Å². The van der Waals surface area contributed by atoms with E-state index in [1.54, 1.807) is 0 Å². The smallest absolute Gasteiger partial charge is 0.270 e. The van der Waals surface area contributed by atoms with E-state index >= 15 is 0 Å². The van der Waals surface area contributed by atoms with Crippen LogP contribution in [0.5, 0.6) is 0 Å².